The van der Waals surface area contributed by atoms with Crippen molar-refractivity contribution < 1.29 is 9.59 Å². The monoisotopic (exact) mass is 270 g/mol. The Labute approximate surface area is 118 Å². The summed E-state index contributed by atoms with van der Waals surface area (Å²) in [4.78, 5) is 27.8. The van der Waals surface area contributed by atoms with Gasteiger partial charge >= 0.3 is 0 Å². The Morgan fingerprint density at radius 3 is 2.85 bits per heavy atom. The number of nitrogens with zero attached hydrogens (tertiary/aromatic N) is 1. The van der Waals surface area contributed by atoms with E-state index in [2.05, 4.69) is 10.3 Å². The minimum atomic E-state index is -0.0383. The third-order valence-corrected chi connectivity index (χ3v) is 4.09. The fourth-order valence-electron chi connectivity index (χ4n) is 2.72. The van der Waals surface area contributed by atoms with Crippen molar-refractivity contribution in [1.82, 2.24) is 5.32 Å². The van der Waals surface area contributed by atoms with E-state index in [0.29, 0.717) is 5.71 Å². The lowest BCUT2D eigenvalue weighted by molar-refractivity contribution is -0.119. The molecular formula is C16H18N2O2. The molecule has 0 radical (unpaired) electrons. The molecule has 1 saturated carbocycles. The third-order valence-electron chi connectivity index (χ3n) is 4.09. The van der Waals surface area contributed by atoms with Gasteiger partial charge in [-0.25, -0.2) is 4.99 Å². The molecule has 20 heavy (non-hydrogen) atoms. The first-order chi connectivity index (χ1) is 9.60. The normalized spacial score (nSPS) is 27.3. The summed E-state index contributed by atoms with van der Waals surface area (Å²) in [6.07, 6.45) is 8.35. The van der Waals surface area contributed by atoms with E-state index in [1.165, 1.54) is 0 Å². The molecule has 2 amide bonds. The molecule has 104 valence electrons. The lowest BCUT2D eigenvalue weighted by Gasteiger charge is -2.29. The Balaban J connectivity index is 1.89. The maximum Gasteiger partial charge on any atom is 0.251 e. The summed E-state index contributed by atoms with van der Waals surface area (Å²) in [5.41, 5.74) is 3.41. The van der Waals surface area contributed by atoms with Gasteiger partial charge in [0.05, 0.1) is 5.71 Å². The highest BCUT2D eigenvalue weighted by atomic mass is 16.2. The van der Waals surface area contributed by atoms with Crippen molar-refractivity contribution in [3.8, 4) is 0 Å². The molecular weight excluding hydrogens is 252 g/mol. The van der Waals surface area contributed by atoms with Gasteiger partial charge in [-0.1, -0.05) is 18.6 Å². The van der Waals surface area contributed by atoms with E-state index < -0.39 is 0 Å². The zero-order valence-corrected chi connectivity index (χ0v) is 11.8. The third kappa shape index (κ3) is 2.26. The SMILES string of the molecule is CCC1=C(C)C2C=CC(=NC(=O)C3CC3)C=C2NC1=O. The molecule has 1 atom stereocenters. The Bertz CT molecular complexity index is 604. The summed E-state index contributed by atoms with van der Waals surface area (Å²) in [7, 11) is 0. The van der Waals surface area contributed by atoms with E-state index in [9.17, 15) is 9.59 Å². The summed E-state index contributed by atoms with van der Waals surface area (Å²) in [6.45, 7) is 3.98. The summed E-state index contributed by atoms with van der Waals surface area (Å²) in [5, 5.41) is 2.92. The number of fused-ring (bicyclic) bond motifs is 1. The van der Waals surface area contributed by atoms with E-state index in [1.54, 1.807) is 0 Å². The number of hydrogen-bond donors (Lipinski definition) is 1. The van der Waals surface area contributed by atoms with Crippen LogP contribution in [0.15, 0.2) is 40.1 Å². The lowest BCUT2D eigenvalue weighted by Crippen LogP contribution is -2.36. The van der Waals surface area contributed by atoms with Crippen molar-refractivity contribution in [2.24, 2.45) is 16.8 Å². The molecule has 0 aromatic carbocycles. The van der Waals surface area contributed by atoms with E-state index in [1.807, 2.05) is 32.1 Å². The van der Waals surface area contributed by atoms with Gasteiger partial charge in [-0.05, 0) is 38.3 Å². The molecule has 0 spiro atoms. The van der Waals surface area contributed by atoms with E-state index in [4.69, 9.17) is 0 Å². The fraction of sp³-hybridized carbons (Fsp3) is 0.438. The van der Waals surface area contributed by atoms with Crippen molar-refractivity contribution >= 4 is 17.5 Å². The van der Waals surface area contributed by atoms with Crippen LogP contribution in [0, 0.1) is 11.8 Å². The number of rotatable bonds is 2. The molecule has 0 bridgehead atoms. The van der Waals surface area contributed by atoms with Gasteiger partial charge in [0, 0.05) is 23.1 Å². The van der Waals surface area contributed by atoms with Gasteiger partial charge < -0.3 is 5.32 Å². The second kappa shape index (κ2) is 4.85. The zero-order chi connectivity index (χ0) is 14.3. The van der Waals surface area contributed by atoms with Crippen LogP contribution in [0.3, 0.4) is 0 Å². The number of carbonyl (C=O) groups excluding carboxylic acids is 2. The summed E-state index contributed by atoms with van der Waals surface area (Å²) < 4.78 is 0. The van der Waals surface area contributed by atoms with Crippen LogP contribution in [-0.4, -0.2) is 17.5 Å². The van der Waals surface area contributed by atoms with Crippen molar-refractivity contribution in [1.29, 1.82) is 0 Å². The van der Waals surface area contributed by atoms with Crippen molar-refractivity contribution in [3.63, 3.8) is 0 Å². The molecule has 1 fully saturated rings. The number of nitrogens with one attached hydrogen (secondary N) is 1. The maximum absolute atomic E-state index is 12.0. The summed E-state index contributed by atoms with van der Waals surface area (Å²) in [6, 6.07) is 0. The molecule has 1 heterocycles. The standard InChI is InChI=1S/C16H18N2O2/c1-3-12-9(2)13-7-6-11(8-14(13)18-16(12)20)17-15(19)10-4-5-10/h6-8,10,13H,3-5H2,1-2H3,(H,18,20). The molecule has 3 aliphatic rings. The number of allylic oxidation sites excluding steroid dienone is 3. The van der Waals surface area contributed by atoms with Gasteiger partial charge in [-0.2, -0.15) is 0 Å². The highest BCUT2D eigenvalue weighted by Crippen LogP contribution is 2.32. The van der Waals surface area contributed by atoms with Gasteiger partial charge in [-0.3, -0.25) is 9.59 Å². The first kappa shape index (κ1) is 13.0. The van der Waals surface area contributed by atoms with Crippen LogP contribution in [0.4, 0.5) is 0 Å². The second-order valence-corrected chi connectivity index (χ2v) is 5.55. The van der Waals surface area contributed by atoms with Crippen molar-refractivity contribution in [2.45, 2.75) is 33.1 Å². The Morgan fingerprint density at radius 1 is 1.45 bits per heavy atom. The average Bonchev–Trinajstić information content (AvgIpc) is 3.23. The smallest absolute Gasteiger partial charge is 0.251 e. The molecule has 4 heteroatoms. The van der Waals surface area contributed by atoms with E-state index in [-0.39, 0.29) is 23.7 Å². The van der Waals surface area contributed by atoms with Crippen LogP contribution < -0.4 is 5.32 Å². The van der Waals surface area contributed by atoms with Gasteiger partial charge in [0.15, 0.2) is 0 Å². The van der Waals surface area contributed by atoms with Crippen molar-refractivity contribution in [2.75, 3.05) is 0 Å². The average molecular weight is 270 g/mol. The molecule has 1 N–H and O–H groups in total. The highest BCUT2D eigenvalue weighted by molar-refractivity contribution is 6.12. The van der Waals surface area contributed by atoms with Crippen LogP contribution in [0.2, 0.25) is 0 Å². The van der Waals surface area contributed by atoms with Crippen LogP contribution >= 0.6 is 0 Å². The Morgan fingerprint density at radius 2 is 2.20 bits per heavy atom. The molecule has 0 saturated heterocycles. The topological polar surface area (TPSA) is 58.5 Å². The minimum Gasteiger partial charge on any atom is -0.325 e. The fourth-order valence-corrected chi connectivity index (χ4v) is 2.72. The maximum atomic E-state index is 12.0. The van der Waals surface area contributed by atoms with Gasteiger partial charge in [-0.15, -0.1) is 0 Å². The number of carbonyl (C=O) groups is 2. The van der Waals surface area contributed by atoms with Crippen LogP contribution in [0.25, 0.3) is 0 Å². The first-order valence-corrected chi connectivity index (χ1v) is 7.13. The molecule has 1 aliphatic heterocycles. The van der Waals surface area contributed by atoms with Gasteiger partial charge in [0.25, 0.3) is 5.91 Å². The molecule has 0 aromatic heterocycles. The molecule has 2 aliphatic carbocycles. The predicted octanol–water partition coefficient (Wildman–Crippen LogP) is 2.29. The molecule has 1 unspecified atom stereocenters. The largest absolute Gasteiger partial charge is 0.325 e. The second-order valence-electron chi connectivity index (χ2n) is 5.55. The molecule has 0 aromatic rings. The highest BCUT2D eigenvalue weighted by Gasteiger charge is 2.31. The van der Waals surface area contributed by atoms with Crippen LogP contribution in [0.1, 0.15) is 33.1 Å². The quantitative estimate of drug-likeness (QED) is 0.837. The van der Waals surface area contributed by atoms with E-state index >= 15 is 0 Å². The zero-order valence-electron chi connectivity index (χ0n) is 11.8. The number of hydrogen-bond acceptors (Lipinski definition) is 2. The van der Waals surface area contributed by atoms with Gasteiger partial charge in [0.1, 0.15) is 0 Å². The lowest BCUT2D eigenvalue weighted by atomic mass is 9.84. The van der Waals surface area contributed by atoms with Crippen LogP contribution in [0.5, 0.6) is 0 Å². The Kier molecular flexibility index (Phi) is 3.16. The minimum absolute atomic E-state index is 0.0318. The first-order valence-electron chi connectivity index (χ1n) is 7.13. The Hall–Kier alpha value is -1.97. The van der Waals surface area contributed by atoms with Gasteiger partial charge in [0.2, 0.25) is 5.91 Å². The molecule has 3 rings (SSSR count). The molecule has 4 nitrogen and oxygen atoms in total. The van der Waals surface area contributed by atoms with E-state index in [0.717, 1.165) is 36.1 Å². The predicted molar refractivity (Wildman–Crippen MR) is 77.0 cm³/mol. The summed E-state index contributed by atoms with van der Waals surface area (Å²) in [5.74, 6) is 0.165. The number of amides is 2. The van der Waals surface area contributed by atoms with Crippen molar-refractivity contribution in [3.05, 3.63) is 35.1 Å². The number of aliphatic imine (C=N–C) groups is 1. The summed E-state index contributed by atoms with van der Waals surface area (Å²) >= 11 is 0. The van der Waals surface area contributed by atoms with Crippen LogP contribution in [-0.2, 0) is 9.59 Å².